The molecule has 2 N–H and O–H groups in total. The third kappa shape index (κ3) is 5.17. The van der Waals surface area contributed by atoms with E-state index >= 15 is 0 Å². The van der Waals surface area contributed by atoms with Gasteiger partial charge in [0.15, 0.2) is 0 Å². The predicted octanol–water partition coefficient (Wildman–Crippen LogP) is 2.10. The van der Waals surface area contributed by atoms with Crippen molar-refractivity contribution in [2.24, 2.45) is 0 Å². The summed E-state index contributed by atoms with van der Waals surface area (Å²) in [6.07, 6.45) is 4.21. The lowest BCUT2D eigenvalue weighted by Gasteiger charge is -2.24. The van der Waals surface area contributed by atoms with E-state index < -0.39 is 0 Å². The Morgan fingerprint density at radius 3 is 2.68 bits per heavy atom. The summed E-state index contributed by atoms with van der Waals surface area (Å²) in [5.41, 5.74) is 2.39. The molecule has 1 aromatic heterocycles. The van der Waals surface area contributed by atoms with Crippen molar-refractivity contribution >= 4 is 5.82 Å². The Morgan fingerprint density at radius 1 is 1.32 bits per heavy atom. The van der Waals surface area contributed by atoms with Crippen molar-refractivity contribution in [2.45, 2.75) is 40.2 Å². The molecule has 4 heteroatoms. The first kappa shape index (κ1) is 15.9. The van der Waals surface area contributed by atoms with Gasteiger partial charge < -0.3 is 15.3 Å². The van der Waals surface area contributed by atoms with Gasteiger partial charge in [0.2, 0.25) is 0 Å². The molecule has 1 aromatic rings. The van der Waals surface area contributed by atoms with Gasteiger partial charge in [0.1, 0.15) is 5.82 Å². The van der Waals surface area contributed by atoms with Crippen LogP contribution in [0.5, 0.6) is 0 Å². The number of anilines is 1. The van der Waals surface area contributed by atoms with Crippen molar-refractivity contribution in [2.75, 3.05) is 31.1 Å². The maximum Gasteiger partial charge on any atom is 0.131 e. The first-order valence-electron chi connectivity index (χ1n) is 7.24. The molecule has 0 atom stereocenters. The normalized spacial score (nSPS) is 10.7. The molecule has 0 unspecified atom stereocenters. The summed E-state index contributed by atoms with van der Waals surface area (Å²) in [7, 11) is 0. The van der Waals surface area contributed by atoms with Crippen LogP contribution < -0.4 is 10.2 Å². The van der Waals surface area contributed by atoms with Gasteiger partial charge in [0, 0.05) is 25.8 Å². The van der Waals surface area contributed by atoms with E-state index in [1.165, 1.54) is 11.1 Å². The van der Waals surface area contributed by atoms with Crippen LogP contribution in [0, 0.1) is 6.92 Å². The number of pyridine rings is 1. The van der Waals surface area contributed by atoms with Crippen molar-refractivity contribution in [1.29, 1.82) is 0 Å². The van der Waals surface area contributed by atoms with Crippen molar-refractivity contribution in [3.05, 3.63) is 23.4 Å². The van der Waals surface area contributed by atoms with E-state index in [0.717, 1.165) is 38.3 Å². The molecule has 0 aliphatic carbocycles. The highest BCUT2D eigenvalue weighted by Gasteiger charge is 2.10. The molecule has 0 amide bonds. The van der Waals surface area contributed by atoms with Gasteiger partial charge in [0.25, 0.3) is 0 Å². The molecule has 4 nitrogen and oxygen atoms in total. The van der Waals surface area contributed by atoms with E-state index in [1.807, 2.05) is 6.20 Å². The number of aryl methyl sites for hydroxylation is 1. The molecule has 108 valence electrons. The minimum absolute atomic E-state index is 0.171. The fourth-order valence-electron chi connectivity index (χ4n) is 2.12. The number of nitrogens with zero attached hydrogens (tertiary/aromatic N) is 2. The van der Waals surface area contributed by atoms with E-state index in [9.17, 15) is 5.11 Å². The third-order valence-corrected chi connectivity index (χ3v) is 3.14. The fourth-order valence-corrected chi connectivity index (χ4v) is 2.12. The second kappa shape index (κ2) is 8.88. The van der Waals surface area contributed by atoms with Gasteiger partial charge in [-0.3, -0.25) is 0 Å². The zero-order chi connectivity index (χ0) is 14.1. The van der Waals surface area contributed by atoms with Crippen LogP contribution >= 0.6 is 0 Å². The van der Waals surface area contributed by atoms with Crippen LogP contribution in [0.2, 0.25) is 0 Å². The standard InChI is InChI=1S/C15H27N3O/c1-4-6-7-18(8-9-19)15-13(3)10-14(12-17-15)11-16-5-2/h10,12,16,19H,4-9,11H2,1-3H3. The average Bonchev–Trinajstić information content (AvgIpc) is 2.41. The minimum atomic E-state index is 0.171. The number of aromatic nitrogens is 1. The van der Waals surface area contributed by atoms with Crippen molar-refractivity contribution in [3.63, 3.8) is 0 Å². The number of unbranched alkanes of at least 4 members (excludes halogenated alkanes) is 1. The summed E-state index contributed by atoms with van der Waals surface area (Å²) < 4.78 is 0. The molecule has 0 radical (unpaired) electrons. The number of hydrogen-bond acceptors (Lipinski definition) is 4. The Kier molecular flexibility index (Phi) is 7.45. The topological polar surface area (TPSA) is 48.4 Å². The Morgan fingerprint density at radius 2 is 2.11 bits per heavy atom. The van der Waals surface area contributed by atoms with Crippen molar-refractivity contribution < 1.29 is 5.11 Å². The predicted molar refractivity (Wildman–Crippen MR) is 80.6 cm³/mol. The van der Waals surface area contributed by atoms with E-state index in [2.05, 4.69) is 42.0 Å². The zero-order valence-corrected chi connectivity index (χ0v) is 12.4. The van der Waals surface area contributed by atoms with Gasteiger partial charge in [-0.25, -0.2) is 4.98 Å². The maximum absolute atomic E-state index is 9.18. The van der Waals surface area contributed by atoms with Crippen LogP contribution in [0.15, 0.2) is 12.3 Å². The molecule has 1 rings (SSSR count). The average molecular weight is 265 g/mol. The van der Waals surface area contributed by atoms with E-state index in [1.54, 1.807) is 0 Å². The smallest absolute Gasteiger partial charge is 0.131 e. The van der Waals surface area contributed by atoms with Crippen molar-refractivity contribution in [1.82, 2.24) is 10.3 Å². The van der Waals surface area contributed by atoms with Gasteiger partial charge in [0.05, 0.1) is 6.61 Å². The summed E-state index contributed by atoms with van der Waals surface area (Å²) in [5.74, 6) is 1.00. The first-order valence-corrected chi connectivity index (χ1v) is 7.24. The number of hydrogen-bond donors (Lipinski definition) is 2. The van der Waals surface area contributed by atoms with E-state index in [-0.39, 0.29) is 6.61 Å². The van der Waals surface area contributed by atoms with Crippen molar-refractivity contribution in [3.8, 4) is 0 Å². The quantitative estimate of drug-likeness (QED) is 0.718. The second-order valence-electron chi connectivity index (χ2n) is 4.83. The first-order chi connectivity index (χ1) is 9.22. The van der Waals surface area contributed by atoms with Crippen LogP contribution in [0.25, 0.3) is 0 Å². The molecule has 0 aromatic carbocycles. The summed E-state index contributed by atoms with van der Waals surface area (Å²) in [6.45, 7) is 9.97. The lowest BCUT2D eigenvalue weighted by Crippen LogP contribution is -2.29. The molecule has 0 bridgehead atoms. The van der Waals surface area contributed by atoms with Gasteiger partial charge in [-0.15, -0.1) is 0 Å². The minimum Gasteiger partial charge on any atom is -0.395 e. The Hall–Kier alpha value is -1.13. The lowest BCUT2D eigenvalue weighted by atomic mass is 10.2. The Bertz CT molecular complexity index is 368. The fraction of sp³-hybridized carbons (Fsp3) is 0.667. The number of aliphatic hydroxyl groups is 1. The van der Waals surface area contributed by atoms with Gasteiger partial charge >= 0.3 is 0 Å². The van der Waals surface area contributed by atoms with Gasteiger partial charge in [-0.2, -0.15) is 0 Å². The van der Waals surface area contributed by atoms with Crippen LogP contribution in [0.3, 0.4) is 0 Å². The van der Waals surface area contributed by atoms with Crippen LogP contribution in [0.1, 0.15) is 37.8 Å². The Balaban J connectivity index is 2.78. The summed E-state index contributed by atoms with van der Waals surface area (Å²) in [4.78, 5) is 6.75. The molecular weight excluding hydrogens is 238 g/mol. The highest BCUT2D eigenvalue weighted by molar-refractivity contribution is 5.47. The van der Waals surface area contributed by atoms with Crippen LogP contribution in [0.4, 0.5) is 5.82 Å². The summed E-state index contributed by atoms with van der Waals surface area (Å²) in [6, 6.07) is 2.18. The number of nitrogens with one attached hydrogen (secondary N) is 1. The van der Waals surface area contributed by atoms with E-state index in [4.69, 9.17) is 0 Å². The third-order valence-electron chi connectivity index (χ3n) is 3.14. The lowest BCUT2D eigenvalue weighted by molar-refractivity contribution is 0.301. The molecule has 0 spiro atoms. The monoisotopic (exact) mass is 265 g/mol. The number of rotatable bonds is 9. The van der Waals surface area contributed by atoms with Crippen LogP contribution in [-0.4, -0.2) is 36.3 Å². The van der Waals surface area contributed by atoms with Crippen LogP contribution in [-0.2, 0) is 6.54 Å². The number of aliphatic hydroxyl groups excluding tert-OH is 1. The molecule has 0 saturated carbocycles. The molecular formula is C15H27N3O. The molecule has 19 heavy (non-hydrogen) atoms. The summed E-state index contributed by atoms with van der Waals surface area (Å²) in [5, 5.41) is 12.5. The zero-order valence-electron chi connectivity index (χ0n) is 12.4. The highest BCUT2D eigenvalue weighted by Crippen LogP contribution is 2.18. The maximum atomic E-state index is 9.18. The summed E-state index contributed by atoms with van der Waals surface area (Å²) >= 11 is 0. The highest BCUT2D eigenvalue weighted by atomic mass is 16.3. The van der Waals surface area contributed by atoms with E-state index in [0.29, 0.717) is 6.54 Å². The molecule has 1 heterocycles. The molecule has 0 saturated heterocycles. The second-order valence-corrected chi connectivity index (χ2v) is 4.83. The molecule has 0 aliphatic heterocycles. The largest absolute Gasteiger partial charge is 0.395 e. The Labute approximate surface area is 116 Å². The molecule has 0 fully saturated rings. The van der Waals surface area contributed by atoms with Gasteiger partial charge in [-0.05, 0) is 37.1 Å². The SMILES string of the molecule is CCCCN(CCO)c1ncc(CNCC)cc1C. The molecule has 0 aliphatic rings. The van der Waals surface area contributed by atoms with Gasteiger partial charge in [-0.1, -0.05) is 20.3 Å².